The minimum Gasteiger partial charge on any atom is -0.443 e. The lowest BCUT2D eigenvalue weighted by molar-refractivity contribution is 0.0892. The number of hydrogen-bond donors (Lipinski definition) is 1. The van der Waals surface area contributed by atoms with Gasteiger partial charge in [-0.25, -0.2) is 8.42 Å². The third-order valence-corrected chi connectivity index (χ3v) is 6.08. The van der Waals surface area contributed by atoms with Crippen molar-refractivity contribution in [1.82, 2.24) is 5.32 Å². The fourth-order valence-corrected chi connectivity index (χ4v) is 4.63. The molecule has 1 heterocycles. The normalized spacial score (nSPS) is 23.0. The Bertz CT molecular complexity index is 620. The van der Waals surface area contributed by atoms with Gasteiger partial charge in [0.25, 0.3) is 15.0 Å². The van der Waals surface area contributed by atoms with Gasteiger partial charge in [0.15, 0.2) is 10.4 Å². The number of nitrogens with one attached hydrogen (secondary N) is 1. The molecule has 1 aliphatic rings. The average Bonchev–Trinajstić information content (AvgIpc) is 2.82. The second-order valence-corrected chi connectivity index (χ2v) is 8.54. The molecule has 0 aromatic carbocycles. The maximum absolute atomic E-state index is 12.1. The summed E-state index contributed by atoms with van der Waals surface area (Å²) in [5.41, 5.74) is 0. The standard InChI is InChI=1S/C13H17BrClNO4S/c1-2-8-3-5-9(6-4-8)16-13(17)10-7-11(12(14)20-10)21(15,18)19/h7-9H,2-6H2,1H3,(H,16,17). The van der Waals surface area contributed by atoms with Gasteiger partial charge >= 0.3 is 0 Å². The van der Waals surface area contributed by atoms with Crippen molar-refractivity contribution in [3.8, 4) is 0 Å². The van der Waals surface area contributed by atoms with Crippen LogP contribution in [0.3, 0.4) is 0 Å². The third kappa shape index (κ3) is 4.23. The monoisotopic (exact) mass is 397 g/mol. The zero-order valence-corrected chi connectivity index (χ0v) is 14.7. The van der Waals surface area contributed by atoms with Gasteiger partial charge in [-0.05, 0) is 47.5 Å². The summed E-state index contributed by atoms with van der Waals surface area (Å²) in [4.78, 5) is 11.9. The van der Waals surface area contributed by atoms with E-state index in [2.05, 4.69) is 28.2 Å². The van der Waals surface area contributed by atoms with Crippen molar-refractivity contribution in [3.63, 3.8) is 0 Å². The Labute approximate surface area is 137 Å². The Morgan fingerprint density at radius 1 is 1.43 bits per heavy atom. The van der Waals surface area contributed by atoms with Crippen LogP contribution in [0, 0.1) is 5.92 Å². The Morgan fingerprint density at radius 2 is 2.05 bits per heavy atom. The molecule has 1 aromatic heterocycles. The minimum absolute atomic E-state index is 0.0567. The van der Waals surface area contributed by atoms with Gasteiger partial charge in [-0.15, -0.1) is 0 Å². The van der Waals surface area contributed by atoms with Gasteiger partial charge in [0.1, 0.15) is 4.90 Å². The molecule has 1 aromatic rings. The molecule has 0 unspecified atom stereocenters. The lowest BCUT2D eigenvalue weighted by Crippen LogP contribution is -2.37. The summed E-state index contributed by atoms with van der Waals surface area (Å²) < 4.78 is 27.7. The van der Waals surface area contributed by atoms with E-state index < -0.39 is 15.0 Å². The summed E-state index contributed by atoms with van der Waals surface area (Å²) in [6.07, 6.45) is 5.25. The van der Waals surface area contributed by atoms with Crippen molar-refractivity contribution >= 4 is 41.6 Å². The highest BCUT2D eigenvalue weighted by Gasteiger charge is 2.26. The molecule has 1 fully saturated rings. The summed E-state index contributed by atoms with van der Waals surface area (Å²) >= 11 is 2.95. The zero-order chi connectivity index (χ0) is 15.6. The molecule has 0 bridgehead atoms. The molecule has 1 aliphatic carbocycles. The number of furan rings is 1. The van der Waals surface area contributed by atoms with Gasteiger partial charge in [0, 0.05) is 22.8 Å². The van der Waals surface area contributed by atoms with E-state index in [0.717, 1.165) is 37.7 Å². The quantitative estimate of drug-likeness (QED) is 0.785. The Balaban J connectivity index is 2.02. The van der Waals surface area contributed by atoms with E-state index in [1.54, 1.807) is 0 Å². The van der Waals surface area contributed by atoms with Gasteiger partial charge in [-0.2, -0.15) is 0 Å². The molecule has 0 atom stereocenters. The SMILES string of the molecule is CCC1CCC(NC(=O)c2cc(S(=O)(=O)Cl)c(Br)o2)CC1. The molecular formula is C13H17BrClNO4S. The van der Waals surface area contributed by atoms with Gasteiger partial charge < -0.3 is 9.73 Å². The fourth-order valence-electron chi connectivity index (χ4n) is 2.60. The molecule has 21 heavy (non-hydrogen) atoms. The number of rotatable bonds is 4. The van der Waals surface area contributed by atoms with Crippen LogP contribution in [0.15, 0.2) is 20.0 Å². The predicted molar refractivity (Wildman–Crippen MR) is 83.0 cm³/mol. The van der Waals surface area contributed by atoms with Crippen LogP contribution in [-0.2, 0) is 9.05 Å². The number of amides is 1. The summed E-state index contributed by atoms with van der Waals surface area (Å²) in [7, 11) is 1.32. The van der Waals surface area contributed by atoms with Crippen molar-refractivity contribution in [2.75, 3.05) is 0 Å². The molecule has 118 valence electrons. The highest BCUT2D eigenvalue weighted by atomic mass is 79.9. The Hall–Kier alpha value is -0.530. The highest BCUT2D eigenvalue weighted by molar-refractivity contribution is 9.10. The van der Waals surface area contributed by atoms with E-state index in [9.17, 15) is 13.2 Å². The molecule has 1 saturated carbocycles. The van der Waals surface area contributed by atoms with E-state index in [-0.39, 0.29) is 21.4 Å². The largest absolute Gasteiger partial charge is 0.443 e. The van der Waals surface area contributed by atoms with Crippen molar-refractivity contribution in [1.29, 1.82) is 0 Å². The smallest absolute Gasteiger partial charge is 0.287 e. The number of hydrogen-bond acceptors (Lipinski definition) is 4. The molecule has 0 aliphatic heterocycles. The topological polar surface area (TPSA) is 76.4 Å². The molecule has 1 amide bonds. The van der Waals surface area contributed by atoms with E-state index in [4.69, 9.17) is 15.1 Å². The first kappa shape index (κ1) is 16.8. The van der Waals surface area contributed by atoms with Crippen LogP contribution >= 0.6 is 26.6 Å². The molecule has 8 heteroatoms. The van der Waals surface area contributed by atoms with E-state index in [0.29, 0.717) is 0 Å². The number of halogens is 2. The fraction of sp³-hybridized carbons (Fsp3) is 0.615. The second kappa shape index (κ2) is 6.71. The van der Waals surface area contributed by atoms with Gasteiger partial charge in [-0.1, -0.05) is 13.3 Å². The van der Waals surface area contributed by atoms with Crippen LogP contribution in [0.1, 0.15) is 49.6 Å². The first-order valence-electron chi connectivity index (χ1n) is 6.86. The van der Waals surface area contributed by atoms with E-state index >= 15 is 0 Å². The molecular weight excluding hydrogens is 382 g/mol. The summed E-state index contributed by atoms with van der Waals surface area (Å²) in [6.45, 7) is 2.18. The van der Waals surface area contributed by atoms with Gasteiger partial charge in [0.2, 0.25) is 0 Å². The molecule has 1 N–H and O–H groups in total. The van der Waals surface area contributed by atoms with Crippen molar-refractivity contribution in [2.45, 2.75) is 50.0 Å². The Kier molecular flexibility index (Phi) is 5.38. The van der Waals surface area contributed by atoms with E-state index in [1.165, 1.54) is 6.42 Å². The van der Waals surface area contributed by atoms with Crippen molar-refractivity contribution < 1.29 is 17.6 Å². The average molecular weight is 399 g/mol. The van der Waals surface area contributed by atoms with Crippen LogP contribution in [0.5, 0.6) is 0 Å². The molecule has 2 rings (SSSR count). The lowest BCUT2D eigenvalue weighted by Gasteiger charge is -2.28. The summed E-state index contributed by atoms with van der Waals surface area (Å²) in [6, 6.07) is 1.25. The first-order valence-corrected chi connectivity index (χ1v) is 9.96. The number of carbonyl (C=O) groups excluding carboxylic acids is 1. The second-order valence-electron chi connectivity index (χ2n) is 5.29. The van der Waals surface area contributed by atoms with Crippen molar-refractivity contribution in [2.24, 2.45) is 5.92 Å². The van der Waals surface area contributed by atoms with Crippen LogP contribution in [0.2, 0.25) is 0 Å². The molecule has 0 spiro atoms. The minimum atomic E-state index is -3.94. The van der Waals surface area contributed by atoms with Gasteiger partial charge in [-0.3, -0.25) is 4.79 Å². The Morgan fingerprint density at radius 3 is 2.52 bits per heavy atom. The summed E-state index contributed by atoms with van der Waals surface area (Å²) in [5, 5.41) is 2.88. The zero-order valence-electron chi connectivity index (χ0n) is 11.6. The van der Waals surface area contributed by atoms with E-state index in [1.807, 2.05) is 0 Å². The first-order chi connectivity index (χ1) is 9.81. The predicted octanol–water partition coefficient (Wildman–Crippen LogP) is 3.67. The third-order valence-electron chi connectivity index (χ3n) is 3.90. The highest BCUT2D eigenvalue weighted by Crippen LogP contribution is 2.30. The maximum atomic E-state index is 12.1. The van der Waals surface area contributed by atoms with Crippen LogP contribution in [-0.4, -0.2) is 20.4 Å². The molecule has 5 nitrogen and oxygen atoms in total. The maximum Gasteiger partial charge on any atom is 0.287 e. The molecule has 0 saturated heterocycles. The molecule has 0 radical (unpaired) electrons. The van der Waals surface area contributed by atoms with Crippen molar-refractivity contribution in [3.05, 3.63) is 16.5 Å². The van der Waals surface area contributed by atoms with Crippen LogP contribution in [0.25, 0.3) is 0 Å². The summed E-state index contributed by atoms with van der Waals surface area (Å²) in [5.74, 6) is 0.268. The van der Waals surface area contributed by atoms with Gasteiger partial charge in [0.05, 0.1) is 0 Å². The van der Waals surface area contributed by atoms with Crippen LogP contribution in [0.4, 0.5) is 0 Å². The van der Waals surface area contributed by atoms with Crippen LogP contribution < -0.4 is 5.32 Å². The number of carbonyl (C=O) groups is 1. The lowest BCUT2D eigenvalue weighted by atomic mass is 9.84.